The van der Waals surface area contributed by atoms with E-state index >= 15 is 0 Å². The maximum Gasteiger partial charge on any atom is 0.234 e. The van der Waals surface area contributed by atoms with Crippen LogP contribution in [0.5, 0.6) is 0 Å². The standard InChI is InChI=1S/C19H21N5OS/c1-4-24-18(15-9-6-10-20-11-15)22-23-19(24)26-12-16(25)21-17-13(2)7-5-8-14(17)3/h5-11H,4,12H2,1-3H3,(H,21,25). The molecule has 0 saturated carbocycles. The van der Waals surface area contributed by atoms with Gasteiger partial charge in [0, 0.05) is 30.2 Å². The minimum Gasteiger partial charge on any atom is -0.325 e. The van der Waals surface area contributed by atoms with Crippen LogP contribution in [-0.4, -0.2) is 31.4 Å². The zero-order valence-corrected chi connectivity index (χ0v) is 15.9. The summed E-state index contributed by atoms with van der Waals surface area (Å²) >= 11 is 1.38. The van der Waals surface area contributed by atoms with Gasteiger partial charge in [-0.25, -0.2) is 0 Å². The van der Waals surface area contributed by atoms with Crippen molar-refractivity contribution in [2.24, 2.45) is 0 Å². The first-order valence-electron chi connectivity index (χ1n) is 8.42. The number of benzene rings is 1. The summed E-state index contributed by atoms with van der Waals surface area (Å²) < 4.78 is 1.99. The van der Waals surface area contributed by atoms with Crippen LogP contribution in [0.4, 0.5) is 5.69 Å². The Kier molecular flexibility index (Phi) is 5.68. The van der Waals surface area contributed by atoms with Gasteiger partial charge in [-0.15, -0.1) is 10.2 Å². The Bertz CT molecular complexity index is 887. The second-order valence-electron chi connectivity index (χ2n) is 5.90. The van der Waals surface area contributed by atoms with E-state index in [-0.39, 0.29) is 11.7 Å². The van der Waals surface area contributed by atoms with Crippen LogP contribution in [-0.2, 0) is 11.3 Å². The fourth-order valence-electron chi connectivity index (χ4n) is 2.71. The van der Waals surface area contributed by atoms with Gasteiger partial charge in [-0.05, 0) is 44.0 Å². The average molecular weight is 367 g/mol. The molecule has 3 aromatic rings. The first kappa shape index (κ1) is 18.1. The third-order valence-corrected chi connectivity index (χ3v) is 5.00. The van der Waals surface area contributed by atoms with E-state index in [1.807, 2.05) is 55.7 Å². The lowest BCUT2D eigenvalue weighted by Crippen LogP contribution is -2.16. The van der Waals surface area contributed by atoms with E-state index in [2.05, 4.69) is 20.5 Å². The largest absolute Gasteiger partial charge is 0.325 e. The molecule has 2 heterocycles. The maximum absolute atomic E-state index is 12.4. The Balaban J connectivity index is 1.70. The van der Waals surface area contributed by atoms with Crippen LogP contribution in [0, 0.1) is 13.8 Å². The van der Waals surface area contributed by atoms with E-state index in [4.69, 9.17) is 0 Å². The monoisotopic (exact) mass is 367 g/mol. The van der Waals surface area contributed by atoms with E-state index in [1.165, 1.54) is 11.8 Å². The number of aromatic nitrogens is 4. The number of carbonyl (C=O) groups excluding carboxylic acids is 1. The number of thioether (sulfide) groups is 1. The van der Waals surface area contributed by atoms with Crippen LogP contribution < -0.4 is 5.32 Å². The van der Waals surface area contributed by atoms with Crippen molar-refractivity contribution in [2.45, 2.75) is 32.5 Å². The highest BCUT2D eigenvalue weighted by Crippen LogP contribution is 2.24. The lowest BCUT2D eigenvalue weighted by molar-refractivity contribution is -0.113. The highest BCUT2D eigenvalue weighted by molar-refractivity contribution is 7.99. The number of anilines is 1. The molecule has 0 unspecified atom stereocenters. The Morgan fingerprint density at radius 2 is 1.92 bits per heavy atom. The average Bonchev–Trinajstić information content (AvgIpc) is 3.07. The van der Waals surface area contributed by atoms with Gasteiger partial charge in [-0.2, -0.15) is 0 Å². The topological polar surface area (TPSA) is 72.7 Å². The molecule has 7 heteroatoms. The summed E-state index contributed by atoms with van der Waals surface area (Å²) in [6.07, 6.45) is 3.49. The number of carbonyl (C=O) groups is 1. The summed E-state index contributed by atoms with van der Waals surface area (Å²) in [6.45, 7) is 6.73. The van der Waals surface area contributed by atoms with E-state index in [0.717, 1.165) is 39.9 Å². The van der Waals surface area contributed by atoms with Crippen molar-refractivity contribution in [2.75, 3.05) is 11.1 Å². The number of pyridine rings is 1. The fourth-order valence-corrected chi connectivity index (χ4v) is 3.51. The molecule has 1 aromatic carbocycles. The van der Waals surface area contributed by atoms with Crippen LogP contribution in [0.15, 0.2) is 47.9 Å². The van der Waals surface area contributed by atoms with Crippen molar-refractivity contribution in [3.8, 4) is 11.4 Å². The zero-order chi connectivity index (χ0) is 18.5. The SMILES string of the molecule is CCn1c(SCC(=O)Nc2c(C)cccc2C)nnc1-c1cccnc1. The predicted molar refractivity (Wildman–Crippen MR) is 104 cm³/mol. The molecule has 6 nitrogen and oxygen atoms in total. The van der Waals surface area contributed by atoms with Gasteiger partial charge in [0.15, 0.2) is 11.0 Å². The Hall–Kier alpha value is -2.67. The summed E-state index contributed by atoms with van der Waals surface area (Å²) in [5, 5.41) is 12.2. The highest BCUT2D eigenvalue weighted by atomic mass is 32.2. The van der Waals surface area contributed by atoms with Gasteiger partial charge < -0.3 is 9.88 Å². The highest BCUT2D eigenvalue weighted by Gasteiger charge is 2.15. The van der Waals surface area contributed by atoms with Crippen molar-refractivity contribution in [1.29, 1.82) is 0 Å². The van der Waals surface area contributed by atoms with E-state index < -0.39 is 0 Å². The summed E-state index contributed by atoms with van der Waals surface area (Å²) in [5.41, 5.74) is 3.90. The lowest BCUT2D eigenvalue weighted by atomic mass is 10.1. The van der Waals surface area contributed by atoms with Crippen LogP contribution in [0.3, 0.4) is 0 Å². The smallest absolute Gasteiger partial charge is 0.234 e. The summed E-state index contributed by atoms with van der Waals surface area (Å²) in [4.78, 5) is 16.5. The number of aryl methyl sites for hydroxylation is 2. The molecule has 2 aromatic heterocycles. The molecule has 1 N–H and O–H groups in total. The molecule has 26 heavy (non-hydrogen) atoms. The van der Waals surface area contributed by atoms with Crippen LogP contribution >= 0.6 is 11.8 Å². The number of nitrogens with one attached hydrogen (secondary N) is 1. The van der Waals surface area contributed by atoms with Gasteiger partial charge in [0.2, 0.25) is 5.91 Å². The molecule has 0 bridgehead atoms. The Morgan fingerprint density at radius 1 is 1.15 bits per heavy atom. The number of amides is 1. The van der Waals surface area contributed by atoms with Gasteiger partial charge in [0.1, 0.15) is 0 Å². The molecule has 134 valence electrons. The third-order valence-electron chi connectivity index (χ3n) is 4.03. The third kappa shape index (κ3) is 3.94. The van der Waals surface area contributed by atoms with Crippen LogP contribution in [0.1, 0.15) is 18.1 Å². The Morgan fingerprint density at radius 3 is 2.58 bits per heavy atom. The molecule has 0 atom stereocenters. The second kappa shape index (κ2) is 8.14. The van der Waals surface area contributed by atoms with Crippen molar-refractivity contribution < 1.29 is 4.79 Å². The van der Waals surface area contributed by atoms with Crippen LogP contribution in [0.25, 0.3) is 11.4 Å². The summed E-state index contributed by atoms with van der Waals surface area (Å²) in [7, 11) is 0. The van der Waals surface area contributed by atoms with Crippen molar-refractivity contribution >= 4 is 23.4 Å². The molecule has 0 saturated heterocycles. The van der Waals surface area contributed by atoms with Crippen LogP contribution in [0.2, 0.25) is 0 Å². The number of rotatable bonds is 6. The molecule has 3 rings (SSSR count). The predicted octanol–water partition coefficient (Wildman–Crippen LogP) is 3.71. The first-order valence-corrected chi connectivity index (χ1v) is 9.41. The van der Waals surface area contributed by atoms with Gasteiger partial charge in [0.25, 0.3) is 0 Å². The quantitative estimate of drug-likeness (QED) is 0.673. The van der Waals surface area contributed by atoms with E-state index in [1.54, 1.807) is 12.4 Å². The van der Waals surface area contributed by atoms with Crippen molar-refractivity contribution in [3.05, 3.63) is 53.9 Å². The lowest BCUT2D eigenvalue weighted by Gasteiger charge is -2.11. The van der Waals surface area contributed by atoms with E-state index in [9.17, 15) is 4.79 Å². The number of hydrogen-bond donors (Lipinski definition) is 1. The summed E-state index contributed by atoms with van der Waals surface area (Å²) in [5.74, 6) is 0.984. The van der Waals surface area contributed by atoms with Gasteiger partial charge in [-0.3, -0.25) is 9.78 Å². The van der Waals surface area contributed by atoms with E-state index in [0.29, 0.717) is 0 Å². The fraction of sp³-hybridized carbons (Fsp3) is 0.263. The van der Waals surface area contributed by atoms with Gasteiger partial charge in [-0.1, -0.05) is 30.0 Å². The van der Waals surface area contributed by atoms with Crippen molar-refractivity contribution in [1.82, 2.24) is 19.7 Å². The van der Waals surface area contributed by atoms with Gasteiger partial charge >= 0.3 is 0 Å². The number of nitrogens with zero attached hydrogens (tertiary/aromatic N) is 4. The molecular weight excluding hydrogens is 346 g/mol. The minimum atomic E-state index is -0.0546. The first-order chi connectivity index (χ1) is 12.6. The molecular formula is C19H21N5OS. The molecule has 1 amide bonds. The maximum atomic E-state index is 12.4. The Labute approximate surface area is 157 Å². The minimum absolute atomic E-state index is 0.0546. The normalized spacial score (nSPS) is 10.7. The zero-order valence-electron chi connectivity index (χ0n) is 15.1. The van der Waals surface area contributed by atoms with Crippen molar-refractivity contribution in [3.63, 3.8) is 0 Å². The van der Waals surface area contributed by atoms with Gasteiger partial charge in [0.05, 0.1) is 5.75 Å². The molecule has 0 fully saturated rings. The second-order valence-corrected chi connectivity index (χ2v) is 6.84. The molecule has 0 radical (unpaired) electrons. The molecule has 0 spiro atoms. The molecule has 0 aliphatic heterocycles. The number of hydrogen-bond acceptors (Lipinski definition) is 5. The summed E-state index contributed by atoms with van der Waals surface area (Å²) in [6, 6.07) is 9.78. The molecule has 0 aliphatic carbocycles. The number of para-hydroxylation sites is 1. The molecule has 0 aliphatic rings.